The second-order valence-electron chi connectivity index (χ2n) is 6.07. The number of hydrogen-bond donors (Lipinski definition) is 1. The number of nitrogens with one attached hydrogen (secondary N) is 1. The van der Waals surface area contributed by atoms with Crippen LogP contribution in [0.4, 0.5) is 0 Å². The number of rotatable bonds is 7. The molecule has 1 amide bonds. The predicted molar refractivity (Wildman–Crippen MR) is 99.4 cm³/mol. The van der Waals surface area contributed by atoms with E-state index >= 15 is 0 Å². The van der Waals surface area contributed by atoms with E-state index in [2.05, 4.69) is 17.4 Å². The van der Waals surface area contributed by atoms with Gasteiger partial charge in [0, 0.05) is 19.6 Å². The maximum Gasteiger partial charge on any atom is 0.261 e. The molecule has 2 aromatic rings. The molecule has 1 N–H and O–H groups in total. The van der Waals surface area contributed by atoms with Crippen LogP contribution in [0.2, 0.25) is 0 Å². The van der Waals surface area contributed by atoms with Gasteiger partial charge in [-0.1, -0.05) is 30.3 Å². The number of carbonyl (C=O) groups excluding carboxylic acids is 1. The fourth-order valence-corrected chi connectivity index (χ4v) is 5.76. The van der Waals surface area contributed by atoms with Crippen LogP contribution in [-0.2, 0) is 16.4 Å². The molecule has 5 nitrogen and oxygen atoms in total. The minimum absolute atomic E-state index is 0.207. The van der Waals surface area contributed by atoms with Crippen LogP contribution in [-0.4, -0.2) is 38.3 Å². The van der Waals surface area contributed by atoms with Crippen molar-refractivity contribution in [1.29, 1.82) is 0 Å². The van der Waals surface area contributed by atoms with Crippen molar-refractivity contribution in [3.05, 3.63) is 52.9 Å². The highest BCUT2D eigenvalue weighted by atomic mass is 32.2. The summed E-state index contributed by atoms with van der Waals surface area (Å²) in [5.74, 6) is -0.207. The number of aryl methyl sites for hydroxylation is 1. The highest BCUT2D eigenvalue weighted by Crippen LogP contribution is 2.27. The van der Waals surface area contributed by atoms with Gasteiger partial charge in [-0.15, -0.1) is 11.3 Å². The third kappa shape index (κ3) is 4.48. The Labute approximate surface area is 152 Å². The molecule has 25 heavy (non-hydrogen) atoms. The second-order valence-corrected chi connectivity index (χ2v) is 9.32. The van der Waals surface area contributed by atoms with Crippen molar-refractivity contribution in [2.45, 2.75) is 29.9 Å². The normalized spacial score (nSPS) is 15.4. The van der Waals surface area contributed by atoms with Crippen LogP contribution >= 0.6 is 11.3 Å². The lowest BCUT2D eigenvalue weighted by molar-refractivity contribution is 0.0957. The smallest absolute Gasteiger partial charge is 0.261 e. The lowest BCUT2D eigenvalue weighted by Crippen LogP contribution is -2.27. The van der Waals surface area contributed by atoms with E-state index < -0.39 is 10.0 Å². The number of carbonyl (C=O) groups is 1. The molecule has 0 bridgehead atoms. The third-order valence-corrected chi connectivity index (χ3v) is 7.68. The van der Waals surface area contributed by atoms with Crippen molar-refractivity contribution >= 4 is 27.3 Å². The van der Waals surface area contributed by atoms with Crippen molar-refractivity contribution in [3.8, 4) is 0 Å². The van der Waals surface area contributed by atoms with Crippen molar-refractivity contribution in [2.24, 2.45) is 0 Å². The van der Waals surface area contributed by atoms with Gasteiger partial charge in [0.2, 0.25) is 0 Å². The van der Waals surface area contributed by atoms with Crippen molar-refractivity contribution in [3.63, 3.8) is 0 Å². The van der Waals surface area contributed by atoms with Crippen molar-refractivity contribution in [1.82, 2.24) is 9.62 Å². The van der Waals surface area contributed by atoms with Gasteiger partial charge in [0.25, 0.3) is 15.9 Å². The minimum atomic E-state index is -3.44. The molecule has 7 heteroatoms. The van der Waals surface area contributed by atoms with E-state index in [1.54, 1.807) is 6.07 Å². The van der Waals surface area contributed by atoms with Crippen LogP contribution in [0.1, 0.15) is 34.5 Å². The molecule has 0 radical (unpaired) electrons. The standard InChI is InChI=1S/C18H22N2O3S2/c21-18(19-12-6-9-15-7-2-1-3-8-15)16-10-11-17(24-16)25(22,23)20-13-4-5-14-20/h1-3,7-8,10-11H,4-6,9,12-14H2,(H,19,21). The summed E-state index contributed by atoms with van der Waals surface area (Å²) in [5.41, 5.74) is 1.24. The molecule has 0 aliphatic carbocycles. The maximum absolute atomic E-state index is 12.5. The van der Waals surface area contributed by atoms with Crippen LogP contribution in [0.25, 0.3) is 0 Å². The van der Waals surface area contributed by atoms with E-state index in [1.165, 1.54) is 15.9 Å². The van der Waals surface area contributed by atoms with Crippen LogP contribution < -0.4 is 5.32 Å². The van der Waals surface area contributed by atoms with Gasteiger partial charge in [-0.2, -0.15) is 4.31 Å². The van der Waals surface area contributed by atoms with E-state index in [9.17, 15) is 13.2 Å². The number of sulfonamides is 1. The Balaban J connectivity index is 1.52. The summed E-state index contributed by atoms with van der Waals surface area (Å²) in [7, 11) is -3.44. The molecule has 1 aromatic heterocycles. The van der Waals surface area contributed by atoms with Crippen molar-refractivity contribution < 1.29 is 13.2 Å². The molecule has 0 spiro atoms. The first-order chi connectivity index (χ1) is 12.1. The number of amides is 1. The molecule has 3 rings (SSSR count). The minimum Gasteiger partial charge on any atom is -0.351 e. The molecule has 0 saturated carbocycles. The zero-order chi connectivity index (χ0) is 17.7. The summed E-state index contributed by atoms with van der Waals surface area (Å²) in [5, 5.41) is 2.87. The summed E-state index contributed by atoms with van der Waals surface area (Å²) in [4.78, 5) is 12.7. The lowest BCUT2D eigenvalue weighted by atomic mass is 10.1. The summed E-state index contributed by atoms with van der Waals surface area (Å²) >= 11 is 1.05. The first kappa shape index (κ1) is 18.1. The van der Waals surface area contributed by atoms with E-state index in [-0.39, 0.29) is 10.1 Å². The van der Waals surface area contributed by atoms with Crippen LogP contribution in [0, 0.1) is 0 Å². The summed E-state index contributed by atoms with van der Waals surface area (Å²) < 4.78 is 26.7. The molecular formula is C18H22N2O3S2. The maximum atomic E-state index is 12.5. The summed E-state index contributed by atoms with van der Waals surface area (Å²) in [6, 6.07) is 13.3. The zero-order valence-electron chi connectivity index (χ0n) is 14.0. The topological polar surface area (TPSA) is 66.5 Å². The number of nitrogens with zero attached hydrogens (tertiary/aromatic N) is 1. The monoisotopic (exact) mass is 378 g/mol. The molecule has 0 atom stereocenters. The molecule has 134 valence electrons. The Morgan fingerprint density at radius 2 is 1.80 bits per heavy atom. The molecule has 2 heterocycles. The molecule has 1 aliphatic rings. The second kappa shape index (κ2) is 8.12. The lowest BCUT2D eigenvalue weighted by Gasteiger charge is -2.13. The Bertz CT molecular complexity index is 810. The summed E-state index contributed by atoms with van der Waals surface area (Å²) in [6.45, 7) is 1.71. The predicted octanol–water partition coefficient (Wildman–Crippen LogP) is 2.90. The quantitative estimate of drug-likeness (QED) is 0.754. The Morgan fingerprint density at radius 1 is 1.08 bits per heavy atom. The van der Waals surface area contributed by atoms with Crippen LogP contribution in [0.5, 0.6) is 0 Å². The SMILES string of the molecule is O=C(NCCCc1ccccc1)c1ccc(S(=O)(=O)N2CCCC2)s1. The van der Waals surface area contributed by atoms with E-state index in [4.69, 9.17) is 0 Å². The molecule has 1 aromatic carbocycles. The highest BCUT2D eigenvalue weighted by Gasteiger charge is 2.29. The molecule has 1 fully saturated rings. The fraction of sp³-hybridized carbons (Fsp3) is 0.389. The van der Waals surface area contributed by atoms with Gasteiger partial charge in [-0.3, -0.25) is 4.79 Å². The van der Waals surface area contributed by atoms with Crippen LogP contribution in [0.15, 0.2) is 46.7 Å². The van der Waals surface area contributed by atoms with E-state index in [1.807, 2.05) is 18.2 Å². The highest BCUT2D eigenvalue weighted by molar-refractivity contribution is 7.91. The van der Waals surface area contributed by atoms with Gasteiger partial charge in [0.15, 0.2) is 0 Å². The zero-order valence-corrected chi connectivity index (χ0v) is 15.6. The number of thiophene rings is 1. The van der Waals surface area contributed by atoms with Gasteiger partial charge in [0.05, 0.1) is 4.88 Å². The fourth-order valence-electron chi connectivity index (χ4n) is 2.86. The largest absolute Gasteiger partial charge is 0.351 e. The average Bonchev–Trinajstić information content (AvgIpc) is 3.31. The van der Waals surface area contributed by atoms with Gasteiger partial charge in [-0.25, -0.2) is 8.42 Å². The van der Waals surface area contributed by atoms with E-state index in [0.29, 0.717) is 24.5 Å². The first-order valence-electron chi connectivity index (χ1n) is 8.49. The third-order valence-electron chi connectivity index (χ3n) is 4.23. The van der Waals surface area contributed by atoms with Gasteiger partial charge >= 0.3 is 0 Å². The Morgan fingerprint density at radius 3 is 2.52 bits per heavy atom. The Kier molecular flexibility index (Phi) is 5.88. The van der Waals surface area contributed by atoms with Crippen molar-refractivity contribution in [2.75, 3.05) is 19.6 Å². The number of hydrogen-bond acceptors (Lipinski definition) is 4. The average molecular weight is 379 g/mol. The van der Waals surface area contributed by atoms with Gasteiger partial charge < -0.3 is 5.32 Å². The van der Waals surface area contributed by atoms with E-state index in [0.717, 1.165) is 37.0 Å². The number of benzene rings is 1. The summed E-state index contributed by atoms with van der Waals surface area (Å²) in [6.07, 6.45) is 3.55. The van der Waals surface area contributed by atoms with Gasteiger partial charge in [0.1, 0.15) is 4.21 Å². The Hall–Kier alpha value is -1.70. The molecule has 1 aliphatic heterocycles. The van der Waals surface area contributed by atoms with Crippen LogP contribution in [0.3, 0.4) is 0 Å². The first-order valence-corrected chi connectivity index (χ1v) is 10.7. The van der Waals surface area contributed by atoms with Gasteiger partial charge in [-0.05, 0) is 43.4 Å². The molecule has 1 saturated heterocycles. The molecule has 0 unspecified atom stereocenters. The molecular weight excluding hydrogens is 356 g/mol.